The lowest BCUT2D eigenvalue weighted by Crippen LogP contribution is -2.41. The molecule has 4 heterocycles. The maximum Gasteiger partial charge on any atom is 0.410 e. The van der Waals surface area contributed by atoms with Gasteiger partial charge in [0, 0.05) is 36.1 Å². The van der Waals surface area contributed by atoms with Gasteiger partial charge in [-0.2, -0.15) is 5.10 Å². The van der Waals surface area contributed by atoms with Crippen molar-refractivity contribution in [3.63, 3.8) is 0 Å². The lowest BCUT2D eigenvalue weighted by Gasteiger charge is -2.32. The summed E-state index contributed by atoms with van der Waals surface area (Å²) >= 11 is 0. The molecule has 1 atom stereocenters. The van der Waals surface area contributed by atoms with Crippen LogP contribution in [0.15, 0.2) is 61.6 Å². The predicted octanol–water partition coefficient (Wildman–Crippen LogP) is 4.33. The Bertz CT molecular complexity index is 1370. The van der Waals surface area contributed by atoms with E-state index in [0.717, 1.165) is 33.6 Å². The Morgan fingerprint density at radius 2 is 2.03 bits per heavy atom. The van der Waals surface area contributed by atoms with Gasteiger partial charge >= 0.3 is 6.09 Å². The molecule has 0 aliphatic carbocycles. The van der Waals surface area contributed by atoms with Gasteiger partial charge in [0.25, 0.3) is 0 Å². The highest BCUT2D eigenvalue weighted by molar-refractivity contribution is 5.82. The SMILES string of the molecule is CC1CN(C(=O)OC(C)(C)C)CC=C1c1cnc(Cn2ccc3cc(-n4cncn4)ccc32)cn1. The molecule has 1 unspecified atom stereocenters. The molecule has 9 nitrogen and oxygen atoms in total. The van der Waals surface area contributed by atoms with Crippen LogP contribution in [0.1, 0.15) is 39.1 Å². The van der Waals surface area contributed by atoms with Crippen molar-refractivity contribution in [2.45, 2.75) is 39.8 Å². The lowest BCUT2D eigenvalue weighted by atomic mass is 9.94. The summed E-state index contributed by atoms with van der Waals surface area (Å²) in [6.45, 7) is 9.45. The van der Waals surface area contributed by atoms with E-state index in [0.29, 0.717) is 19.6 Å². The quantitative estimate of drug-likeness (QED) is 0.440. The van der Waals surface area contributed by atoms with Crippen LogP contribution in [0.25, 0.3) is 22.2 Å². The molecule has 3 aromatic heterocycles. The van der Waals surface area contributed by atoms with E-state index < -0.39 is 5.60 Å². The van der Waals surface area contributed by atoms with E-state index in [-0.39, 0.29) is 12.0 Å². The van der Waals surface area contributed by atoms with Crippen molar-refractivity contribution in [1.29, 1.82) is 0 Å². The number of fused-ring (bicyclic) bond motifs is 1. The normalized spacial score (nSPS) is 16.4. The molecule has 180 valence electrons. The number of carbonyl (C=O) groups is 1. The van der Waals surface area contributed by atoms with Crippen LogP contribution in [-0.2, 0) is 11.3 Å². The number of aromatic nitrogens is 6. The molecule has 1 aromatic carbocycles. The Labute approximate surface area is 204 Å². The van der Waals surface area contributed by atoms with Gasteiger partial charge in [-0.1, -0.05) is 13.0 Å². The molecule has 0 bridgehead atoms. The van der Waals surface area contributed by atoms with Gasteiger partial charge in [-0.05, 0) is 50.6 Å². The predicted molar refractivity (Wildman–Crippen MR) is 133 cm³/mol. The van der Waals surface area contributed by atoms with Gasteiger partial charge in [0.05, 0.1) is 36.0 Å². The van der Waals surface area contributed by atoms with Gasteiger partial charge in [-0.25, -0.2) is 14.5 Å². The molecule has 0 fully saturated rings. The van der Waals surface area contributed by atoms with Crippen LogP contribution in [0.2, 0.25) is 0 Å². The van der Waals surface area contributed by atoms with E-state index in [1.807, 2.05) is 45.3 Å². The first-order valence-corrected chi connectivity index (χ1v) is 11.7. The summed E-state index contributed by atoms with van der Waals surface area (Å²) < 4.78 is 9.41. The number of ether oxygens (including phenoxy) is 1. The second kappa shape index (κ2) is 8.98. The number of benzene rings is 1. The molecule has 1 aliphatic heterocycles. The van der Waals surface area contributed by atoms with Crippen molar-refractivity contribution in [3.8, 4) is 5.69 Å². The zero-order chi connectivity index (χ0) is 24.6. The molecule has 0 spiro atoms. The molecule has 0 radical (unpaired) electrons. The molecule has 5 rings (SSSR count). The summed E-state index contributed by atoms with van der Waals surface area (Å²) in [7, 11) is 0. The van der Waals surface area contributed by atoms with Crippen molar-refractivity contribution in [2.24, 2.45) is 5.92 Å². The molecule has 9 heteroatoms. The Hall–Kier alpha value is -4.01. The molecule has 1 amide bonds. The Morgan fingerprint density at radius 3 is 2.71 bits per heavy atom. The van der Waals surface area contributed by atoms with E-state index in [9.17, 15) is 4.79 Å². The van der Waals surface area contributed by atoms with Crippen LogP contribution in [0.3, 0.4) is 0 Å². The first-order chi connectivity index (χ1) is 16.8. The molecular formula is C26H29N7O2. The minimum atomic E-state index is -0.504. The van der Waals surface area contributed by atoms with Gasteiger partial charge in [0.1, 0.15) is 18.3 Å². The summed E-state index contributed by atoms with van der Waals surface area (Å²) in [4.78, 5) is 27.5. The second-order valence-electron chi connectivity index (χ2n) is 9.87. The second-order valence-corrected chi connectivity index (χ2v) is 9.87. The van der Waals surface area contributed by atoms with Gasteiger partial charge in [-0.15, -0.1) is 0 Å². The number of amides is 1. The molecular weight excluding hydrogens is 442 g/mol. The van der Waals surface area contributed by atoms with E-state index in [4.69, 9.17) is 9.72 Å². The molecule has 1 aliphatic rings. The van der Waals surface area contributed by atoms with E-state index in [1.54, 1.807) is 15.9 Å². The zero-order valence-corrected chi connectivity index (χ0v) is 20.4. The third-order valence-electron chi connectivity index (χ3n) is 5.98. The number of hydrogen-bond donors (Lipinski definition) is 0. The fourth-order valence-electron chi connectivity index (χ4n) is 4.32. The third-order valence-corrected chi connectivity index (χ3v) is 5.98. The summed E-state index contributed by atoms with van der Waals surface area (Å²) in [5.74, 6) is 0.143. The van der Waals surface area contributed by atoms with Crippen molar-refractivity contribution in [3.05, 3.63) is 73.0 Å². The third kappa shape index (κ3) is 4.94. The minimum absolute atomic E-state index is 0.143. The first kappa shape index (κ1) is 22.8. The van der Waals surface area contributed by atoms with E-state index >= 15 is 0 Å². The topological polar surface area (TPSA) is 91.0 Å². The fraction of sp³-hybridized carbons (Fsp3) is 0.346. The zero-order valence-electron chi connectivity index (χ0n) is 20.4. The summed E-state index contributed by atoms with van der Waals surface area (Å²) in [6, 6.07) is 8.29. The number of hydrogen-bond acceptors (Lipinski definition) is 6. The number of rotatable bonds is 4. The highest BCUT2D eigenvalue weighted by atomic mass is 16.6. The Balaban J connectivity index is 1.28. The summed E-state index contributed by atoms with van der Waals surface area (Å²) in [5.41, 5.74) is 4.42. The first-order valence-electron chi connectivity index (χ1n) is 11.7. The fourth-order valence-corrected chi connectivity index (χ4v) is 4.32. The average Bonchev–Trinajstić information content (AvgIpc) is 3.49. The van der Waals surface area contributed by atoms with Crippen LogP contribution >= 0.6 is 0 Å². The maximum absolute atomic E-state index is 12.4. The molecule has 0 saturated carbocycles. The van der Waals surface area contributed by atoms with E-state index in [2.05, 4.69) is 51.0 Å². The van der Waals surface area contributed by atoms with Crippen LogP contribution < -0.4 is 0 Å². The number of carbonyl (C=O) groups excluding carboxylic acids is 1. The van der Waals surface area contributed by atoms with Crippen LogP contribution in [0.4, 0.5) is 4.79 Å². The Kier molecular flexibility index (Phi) is 5.84. The smallest absolute Gasteiger partial charge is 0.410 e. The lowest BCUT2D eigenvalue weighted by molar-refractivity contribution is 0.0251. The average molecular weight is 472 g/mol. The molecule has 35 heavy (non-hydrogen) atoms. The van der Waals surface area contributed by atoms with Crippen LogP contribution in [-0.4, -0.2) is 59.0 Å². The van der Waals surface area contributed by atoms with Crippen molar-refractivity contribution in [1.82, 2.24) is 34.2 Å². The van der Waals surface area contributed by atoms with Crippen molar-refractivity contribution in [2.75, 3.05) is 13.1 Å². The monoisotopic (exact) mass is 471 g/mol. The van der Waals surface area contributed by atoms with Gasteiger partial charge in [0.2, 0.25) is 0 Å². The Morgan fingerprint density at radius 1 is 1.17 bits per heavy atom. The van der Waals surface area contributed by atoms with Gasteiger partial charge < -0.3 is 14.2 Å². The minimum Gasteiger partial charge on any atom is -0.444 e. The van der Waals surface area contributed by atoms with Crippen molar-refractivity contribution >= 4 is 22.6 Å². The van der Waals surface area contributed by atoms with Gasteiger partial charge in [-0.3, -0.25) is 9.97 Å². The molecule has 0 N–H and O–H groups in total. The van der Waals surface area contributed by atoms with Crippen LogP contribution in [0.5, 0.6) is 0 Å². The molecule has 4 aromatic rings. The summed E-state index contributed by atoms with van der Waals surface area (Å²) in [6.07, 6.45) is 10.7. The van der Waals surface area contributed by atoms with Crippen LogP contribution in [0, 0.1) is 5.92 Å². The standard InChI is InChI=1S/C26H29N7O2/c1-18-14-32(25(34)35-26(2,3)4)10-8-22(18)23-13-28-20(12-29-23)15-31-9-7-19-11-21(5-6-24(19)31)33-17-27-16-30-33/h5-9,11-13,16-18H,10,14-15H2,1-4H3. The van der Waals surface area contributed by atoms with Crippen molar-refractivity contribution < 1.29 is 9.53 Å². The largest absolute Gasteiger partial charge is 0.444 e. The maximum atomic E-state index is 12.4. The number of nitrogens with zero attached hydrogens (tertiary/aromatic N) is 7. The highest BCUT2D eigenvalue weighted by Gasteiger charge is 2.27. The van der Waals surface area contributed by atoms with Gasteiger partial charge in [0.15, 0.2) is 0 Å². The highest BCUT2D eigenvalue weighted by Crippen LogP contribution is 2.27. The van der Waals surface area contributed by atoms with E-state index in [1.165, 1.54) is 6.33 Å². The summed E-state index contributed by atoms with van der Waals surface area (Å²) in [5, 5.41) is 5.32. The molecule has 0 saturated heterocycles.